The molecule has 1 rings (SSSR count). The van der Waals surface area contributed by atoms with E-state index in [2.05, 4.69) is 15.4 Å². The molecule has 0 saturated heterocycles. The van der Waals surface area contributed by atoms with Gasteiger partial charge in [-0.2, -0.15) is 0 Å². The molecule has 146 valence electrons. The minimum absolute atomic E-state index is 0.101. The Hall–Kier alpha value is -1.97. The van der Waals surface area contributed by atoms with Crippen LogP contribution >= 0.6 is 0 Å². The van der Waals surface area contributed by atoms with Crippen LogP contribution in [0.4, 0.5) is 5.69 Å². The molecule has 0 aromatic heterocycles. The van der Waals surface area contributed by atoms with Crippen molar-refractivity contribution in [3.8, 4) is 0 Å². The van der Waals surface area contributed by atoms with Crippen molar-refractivity contribution in [1.82, 2.24) is 10.0 Å². The molecular formula is C17H27N3O5S. The molecule has 0 heterocycles. The van der Waals surface area contributed by atoms with E-state index in [0.717, 1.165) is 0 Å². The lowest BCUT2D eigenvalue weighted by molar-refractivity contribution is -0.140. The summed E-state index contributed by atoms with van der Waals surface area (Å²) in [5.74, 6) is -1.40. The van der Waals surface area contributed by atoms with Crippen LogP contribution in [0.2, 0.25) is 0 Å². The van der Waals surface area contributed by atoms with E-state index in [1.54, 1.807) is 20.8 Å². The van der Waals surface area contributed by atoms with Gasteiger partial charge in [0, 0.05) is 11.7 Å². The van der Waals surface area contributed by atoms with Gasteiger partial charge in [0.1, 0.15) is 6.04 Å². The Kier molecular flexibility index (Phi) is 8.19. The van der Waals surface area contributed by atoms with Crippen LogP contribution in [0.15, 0.2) is 29.2 Å². The maximum absolute atomic E-state index is 12.2. The van der Waals surface area contributed by atoms with E-state index in [1.165, 1.54) is 24.3 Å². The number of carbonyl (C=O) groups is 2. The van der Waals surface area contributed by atoms with Gasteiger partial charge >= 0.3 is 5.97 Å². The quantitative estimate of drug-likeness (QED) is 0.484. The number of carboxylic acids is 1. The molecule has 4 N–H and O–H groups in total. The summed E-state index contributed by atoms with van der Waals surface area (Å²) in [5, 5.41) is 14.6. The lowest BCUT2D eigenvalue weighted by atomic mass is 10.1. The van der Waals surface area contributed by atoms with E-state index < -0.39 is 34.0 Å². The number of benzene rings is 1. The molecule has 0 radical (unpaired) electrons. The van der Waals surface area contributed by atoms with Crippen molar-refractivity contribution < 1.29 is 23.1 Å². The largest absolute Gasteiger partial charge is 0.480 e. The lowest BCUT2D eigenvalue weighted by Gasteiger charge is -2.19. The highest BCUT2D eigenvalue weighted by atomic mass is 32.2. The summed E-state index contributed by atoms with van der Waals surface area (Å²) in [7, 11) is -3.59. The highest BCUT2D eigenvalue weighted by molar-refractivity contribution is 7.89. The second-order valence-electron chi connectivity index (χ2n) is 6.36. The Bertz CT molecular complexity index is 716. The van der Waals surface area contributed by atoms with Crippen LogP contribution in [0.3, 0.4) is 0 Å². The summed E-state index contributed by atoms with van der Waals surface area (Å²) in [6.45, 7) is 6.89. The van der Waals surface area contributed by atoms with Crippen molar-refractivity contribution in [1.29, 1.82) is 0 Å². The summed E-state index contributed by atoms with van der Waals surface area (Å²) in [6, 6.07) is 4.03. The number of sulfonamides is 1. The van der Waals surface area contributed by atoms with E-state index in [-0.39, 0.29) is 10.9 Å². The van der Waals surface area contributed by atoms with Gasteiger partial charge in [0.25, 0.3) is 0 Å². The molecule has 8 nitrogen and oxygen atoms in total. The summed E-state index contributed by atoms with van der Waals surface area (Å²) in [6.07, 6.45) is 1.10. The minimum Gasteiger partial charge on any atom is -0.480 e. The molecule has 0 saturated carbocycles. The SMILES string of the molecule is CCCC(NC(C)C(=O)Nc1ccc(S(=O)(=O)NC(C)C)cc1)C(=O)O. The number of hydrogen-bond acceptors (Lipinski definition) is 5. The Morgan fingerprint density at radius 3 is 2.15 bits per heavy atom. The standard InChI is InChI=1S/C17H27N3O5S/c1-5-6-15(17(22)23)18-12(4)16(21)19-13-7-9-14(10-8-13)26(24,25)20-11(2)3/h7-12,15,18,20H,5-6H2,1-4H3,(H,19,21)(H,22,23). The average Bonchev–Trinajstić information content (AvgIpc) is 2.53. The van der Waals surface area contributed by atoms with Gasteiger partial charge < -0.3 is 10.4 Å². The molecule has 26 heavy (non-hydrogen) atoms. The molecule has 0 bridgehead atoms. The van der Waals surface area contributed by atoms with E-state index in [9.17, 15) is 18.0 Å². The van der Waals surface area contributed by atoms with Crippen molar-refractivity contribution >= 4 is 27.6 Å². The minimum atomic E-state index is -3.59. The maximum Gasteiger partial charge on any atom is 0.320 e. The zero-order chi connectivity index (χ0) is 19.9. The molecular weight excluding hydrogens is 358 g/mol. The van der Waals surface area contributed by atoms with Crippen LogP contribution in [0.25, 0.3) is 0 Å². The summed E-state index contributed by atoms with van der Waals surface area (Å²) in [4.78, 5) is 23.5. The van der Waals surface area contributed by atoms with Gasteiger partial charge in [0.2, 0.25) is 15.9 Å². The van der Waals surface area contributed by atoms with Crippen molar-refractivity contribution in [3.05, 3.63) is 24.3 Å². The number of anilines is 1. The van der Waals surface area contributed by atoms with Crippen LogP contribution in [0.5, 0.6) is 0 Å². The smallest absolute Gasteiger partial charge is 0.320 e. The van der Waals surface area contributed by atoms with Crippen molar-refractivity contribution in [2.75, 3.05) is 5.32 Å². The fourth-order valence-corrected chi connectivity index (χ4v) is 3.54. The van der Waals surface area contributed by atoms with Crippen molar-refractivity contribution in [3.63, 3.8) is 0 Å². The highest BCUT2D eigenvalue weighted by Crippen LogP contribution is 2.14. The fourth-order valence-electron chi connectivity index (χ4n) is 2.29. The van der Waals surface area contributed by atoms with Gasteiger partial charge in [-0.05, 0) is 51.5 Å². The number of hydrogen-bond donors (Lipinski definition) is 4. The molecule has 0 spiro atoms. The number of rotatable bonds is 10. The first kappa shape index (κ1) is 22.1. The normalized spacial score (nSPS) is 14.0. The monoisotopic (exact) mass is 385 g/mol. The third-order valence-corrected chi connectivity index (χ3v) is 5.22. The van der Waals surface area contributed by atoms with Crippen LogP contribution < -0.4 is 15.4 Å². The molecule has 1 aromatic rings. The van der Waals surface area contributed by atoms with Gasteiger partial charge in [0.15, 0.2) is 0 Å². The number of nitrogens with one attached hydrogen (secondary N) is 3. The summed E-state index contributed by atoms with van der Waals surface area (Å²) >= 11 is 0. The van der Waals surface area contributed by atoms with Gasteiger partial charge in [-0.25, -0.2) is 13.1 Å². The van der Waals surface area contributed by atoms with Crippen LogP contribution in [-0.2, 0) is 19.6 Å². The molecule has 1 aromatic carbocycles. The third kappa shape index (κ3) is 6.74. The molecule has 0 aliphatic heterocycles. The van der Waals surface area contributed by atoms with E-state index in [1.807, 2.05) is 6.92 Å². The van der Waals surface area contributed by atoms with Crippen LogP contribution in [-0.4, -0.2) is 43.5 Å². The molecule has 9 heteroatoms. The van der Waals surface area contributed by atoms with Gasteiger partial charge in [-0.15, -0.1) is 0 Å². The van der Waals surface area contributed by atoms with Gasteiger partial charge in [-0.3, -0.25) is 14.9 Å². The van der Waals surface area contributed by atoms with Crippen LogP contribution in [0.1, 0.15) is 40.5 Å². The van der Waals surface area contributed by atoms with Gasteiger partial charge in [0.05, 0.1) is 10.9 Å². The first-order valence-corrected chi connectivity index (χ1v) is 9.97. The number of carboxylic acid groups (broad SMARTS) is 1. The molecule has 0 aliphatic carbocycles. The van der Waals surface area contributed by atoms with Gasteiger partial charge in [-0.1, -0.05) is 13.3 Å². The number of carbonyl (C=O) groups excluding carboxylic acids is 1. The number of aliphatic carboxylic acids is 1. The Morgan fingerprint density at radius 2 is 1.69 bits per heavy atom. The first-order valence-electron chi connectivity index (χ1n) is 8.49. The lowest BCUT2D eigenvalue weighted by Crippen LogP contribution is -2.47. The van der Waals surface area contributed by atoms with E-state index in [4.69, 9.17) is 5.11 Å². The zero-order valence-corrected chi connectivity index (χ0v) is 16.3. The van der Waals surface area contributed by atoms with E-state index in [0.29, 0.717) is 18.5 Å². The molecule has 2 atom stereocenters. The topological polar surface area (TPSA) is 125 Å². The summed E-state index contributed by atoms with van der Waals surface area (Å²) < 4.78 is 26.6. The molecule has 0 fully saturated rings. The highest BCUT2D eigenvalue weighted by Gasteiger charge is 2.22. The molecule has 1 amide bonds. The summed E-state index contributed by atoms with van der Waals surface area (Å²) in [5.41, 5.74) is 0.425. The Morgan fingerprint density at radius 1 is 1.12 bits per heavy atom. The van der Waals surface area contributed by atoms with E-state index >= 15 is 0 Å². The fraction of sp³-hybridized carbons (Fsp3) is 0.529. The second kappa shape index (κ2) is 9.65. The first-order chi connectivity index (χ1) is 12.1. The third-order valence-electron chi connectivity index (χ3n) is 3.54. The average molecular weight is 385 g/mol. The maximum atomic E-state index is 12.2. The van der Waals surface area contributed by atoms with Crippen molar-refractivity contribution in [2.45, 2.75) is 63.6 Å². The Balaban J connectivity index is 2.74. The van der Waals surface area contributed by atoms with Crippen molar-refractivity contribution in [2.24, 2.45) is 0 Å². The molecule has 2 unspecified atom stereocenters. The zero-order valence-electron chi connectivity index (χ0n) is 15.4. The predicted octanol–water partition coefficient (Wildman–Crippen LogP) is 1.54. The second-order valence-corrected chi connectivity index (χ2v) is 8.07. The van der Waals surface area contributed by atoms with Crippen LogP contribution in [0, 0.1) is 0 Å². The molecule has 0 aliphatic rings. The predicted molar refractivity (Wildman–Crippen MR) is 99.5 cm³/mol. The number of amides is 1. The Labute approximate surface area is 154 Å².